The Kier molecular flexibility index (Phi) is 8.94. The van der Waals surface area contributed by atoms with E-state index in [9.17, 15) is 14.0 Å². The maximum Gasteiger partial charge on any atom is 0.261 e. The Balaban J connectivity index is 1.62. The zero-order valence-corrected chi connectivity index (χ0v) is 21.6. The highest BCUT2D eigenvalue weighted by atomic mass is 19.1. The van der Waals surface area contributed by atoms with Crippen molar-refractivity contribution in [2.75, 3.05) is 6.61 Å². The molecule has 0 saturated heterocycles. The summed E-state index contributed by atoms with van der Waals surface area (Å²) in [5.41, 5.74) is 3.47. The standard InChI is InChI=1S/C31H35FN2O3/c1-22-16-17-27(18-23(22)2)37-21-30(35)34(20-25-12-6-9-15-28(25)32)29(19-24-10-4-3-5-11-24)31(36)33-26-13-7-8-14-26/h3-6,9-12,15-18,26,29H,7-8,13-14,19-21H2,1-2H3,(H,33,36)/t29-/m1/s1. The summed E-state index contributed by atoms with van der Waals surface area (Å²) in [6, 6.07) is 20.9. The van der Waals surface area contributed by atoms with E-state index in [-0.39, 0.29) is 31.0 Å². The van der Waals surface area contributed by atoms with Gasteiger partial charge in [-0.3, -0.25) is 9.59 Å². The molecule has 5 nitrogen and oxygen atoms in total. The van der Waals surface area contributed by atoms with Crippen LogP contribution in [0.25, 0.3) is 0 Å². The summed E-state index contributed by atoms with van der Waals surface area (Å²) >= 11 is 0. The smallest absolute Gasteiger partial charge is 0.261 e. The number of halogens is 1. The average Bonchev–Trinajstić information content (AvgIpc) is 3.41. The number of hydrogen-bond acceptors (Lipinski definition) is 3. The maximum absolute atomic E-state index is 14.7. The molecule has 0 heterocycles. The Bertz CT molecular complexity index is 1210. The second kappa shape index (κ2) is 12.5. The van der Waals surface area contributed by atoms with Gasteiger partial charge < -0.3 is 15.0 Å². The van der Waals surface area contributed by atoms with Crippen molar-refractivity contribution in [1.29, 1.82) is 0 Å². The SMILES string of the molecule is Cc1ccc(OCC(=O)N(Cc2ccccc2F)[C@H](Cc2ccccc2)C(=O)NC2CCCC2)cc1C. The van der Waals surface area contributed by atoms with Gasteiger partial charge in [-0.15, -0.1) is 0 Å². The van der Waals surface area contributed by atoms with Crippen molar-refractivity contribution in [2.24, 2.45) is 0 Å². The highest BCUT2D eigenvalue weighted by molar-refractivity contribution is 5.88. The zero-order valence-electron chi connectivity index (χ0n) is 21.6. The molecule has 37 heavy (non-hydrogen) atoms. The summed E-state index contributed by atoms with van der Waals surface area (Å²) in [7, 11) is 0. The predicted molar refractivity (Wildman–Crippen MR) is 143 cm³/mol. The fourth-order valence-electron chi connectivity index (χ4n) is 4.76. The Morgan fingerprint density at radius 2 is 1.68 bits per heavy atom. The van der Waals surface area contributed by atoms with Crippen LogP contribution in [0.4, 0.5) is 4.39 Å². The number of carbonyl (C=O) groups is 2. The number of benzene rings is 3. The third-order valence-electron chi connectivity index (χ3n) is 7.11. The van der Waals surface area contributed by atoms with Crippen LogP contribution in [-0.4, -0.2) is 35.4 Å². The number of ether oxygens (including phenoxy) is 1. The molecule has 1 N–H and O–H groups in total. The third kappa shape index (κ3) is 7.19. The summed E-state index contributed by atoms with van der Waals surface area (Å²) in [4.78, 5) is 28.8. The van der Waals surface area contributed by atoms with Crippen molar-refractivity contribution in [3.63, 3.8) is 0 Å². The normalized spacial score (nSPS) is 14.2. The largest absolute Gasteiger partial charge is 0.484 e. The first-order valence-corrected chi connectivity index (χ1v) is 13.0. The van der Waals surface area contributed by atoms with Crippen LogP contribution in [0.15, 0.2) is 72.8 Å². The van der Waals surface area contributed by atoms with Crippen LogP contribution in [-0.2, 0) is 22.6 Å². The molecule has 194 valence electrons. The summed E-state index contributed by atoms with van der Waals surface area (Å²) in [6.07, 6.45) is 4.34. The van der Waals surface area contributed by atoms with E-state index < -0.39 is 11.9 Å². The van der Waals surface area contributed by atoms with E-state index in [0.717, 1.165) is 42.4 Å². The third-order valence-corrected chi connectivity index (χ3v) is 7.11. The lowest BCUT2D eigenvalue weighted by molar-refractivity contribution is -0.143. The van der Waals surface area contributed by atoms with Crippen LogP contribution < -0.4 is 10.1 Å². The average molecular weight is 503 g/mol. The molecule has 4 rings (SSSR count). The molecule has 1 fully saturated rings. The van der Waals surface area contributed by atoms with Crippen LogP contribution >= 0.6 is 0 Å². The van der Waals surface area contributed by atoms with Gasteiger partial charge in [-0.1, -0.05) is 67.4 Å². The summed E-state index contributed by atoms with van der Waals surface area (Å²) in [5, 5.41) is 3.16. The molecule has 0 bridgehead atoms. The Morgan fingerprint density at radius 1 is 0.973 bits per heavy atom. The molecule has 1 atom stereocenters. The molecule has 0 aromatic heterocycles. The van der Waals surface area contributed by atoms with Gasteiger partial charge in [0.2, 0.25) is 5.91 Å². The second-order valence-electron chi connectivity index (χ2n) is 9.84. The van der Waals surface area contributed by atoms with Crippen molar-refractivity contribution in [1.82, 2.24) is 10.2 Å². The molecule has 0 aliphatic heterocycles. The van der Waals surface area contributed by atoms with Gasteiger partial charge in [-0.25, -0.2) is 4.39 Å². The van der Waals surface area contributed by atoms with Crippen molar-refractivity contribution in [3.8, 4) is 5.75 Å². The summed E-state index contributed by atoms with van der Waals surface area (Å²) in [6.45, 7) is 3.71. The van der Waals surface area contributed by atoms with Gasteiger partial charge in [0.25, 0.3) is 5.91 Å². The Hall–Kier alpha value is -3.67. The van der Waals surface area contributed by atoms with Crippen LogP contribution in [0.1, 0.15) is 47.9 Å². The summed E-state index contributed by atoms with van der Waals surface area (Å²) in [5.74, 6) is -0.419. The summed E-state index contributed by atoms with van der Waals surface area (Å²) < 4.78 is 20.5. The van der Waals surface area contributed by atoms with Gasteiger partial charge in [0, 0.05) is 24.6 Å². The van der Waals surface area contributed by atoms with E-state index in [1.807, 2.05) is 62.4 Å². The van der Waals surface area contributed by atoms with Crippen molar-refractivity contribution >= 4 is 11.8 Å². The minimum atomic E-state index is -0.807. The molecule has 1 aliphatic rings. The first-order valence-electron chi connectivity index (χ1n) is 13.0. The highest BCUT2D eigenvalue weighted by Crippen LogP contribution is 2.21. The van der Waals surface area contributed by atoms with Crippen LogP contribution in [0.2, 0.25) is 0 Å². The Labute approximate surface area is 218 Å². The molecule has 0 radical (unpaired) electrons. The molecule has 0 spiro atoms. The molecule has 3 aromatic rings. The lowest BCUT2D eigenvalue weighted by Gasteiger charge is -2.32. The first kappa shape index (κ1) is 26.4. The molecule has 1 aliphatic carbocycles. The van der Waals surface area contributed by atoms with E-state index in [0.29, 0.717) is 17.7 Å². The van der Waals surface area contributed by atoms with E-state index in [4.69, 9.17) is 4.74 Å². The Morgan fingerprint density at radius 3 is 2.38 bits per heavy atom. The minimum absolute atomic E-state index is 0.0304. The van der Waals surface area contributed by atoms with E-state index in [2.05, 4.69) is 5.32 Å². The highest BCUT2D eigenvalue weighted by Gasteiger charge is 2.32. The lowest BCUT2D eigenvalue weighted by Crippen LogP contribution is -2.53. The molecule has 1 saturated carbocycles. The van der Waals surface area contributed by atoms with Gasteiger partial charge >= 0.3 is 0 Å². The van der Waals surface area contributed by atoms with Gasteiger partial charge in [-0.2, -0.15) is 0 Å². The molecule has 2 amide bonds. The number of rotatable bonds is 10. The number of aryl methyl sites for hydroxylation is 2. The van der Waals surface area contributed by atoms with Gasteiger partial charge in [0.1, 0.15) is 17.6 Å². The fourth-order valence-corrected chi connectivity index (χ4v) is 4.76. The van der Waals surface area contributed by atoms with E-state index in [1.165, 1.54) is 11.0 Å². The van der Waals surface area contributed by atoms with E-state index in [1.54, 1.807) is 18.2 Å². The second-order valence-corrected chi connectivity index (χ2v) is 9.84. The first-order chi connectivity index (χ1) is 17.9. The fraction of sp³-hybridized carbons (Fsp3) is 0.355. The number of nitrogens with zero attached hydrogens (tertiary/aromatic N) is 1. The number of carbonyl (C=O) groups excluding carboxylic acids is 2. The van der Waals surface area contributed by atoms with Crippen LogP contribution in [0, 0.1) is 19.7 Å². The maximum atomic E-state index is 14.7. The quantitative estimate of drug-likeness (QED) is 0.397. The van der Waals surface area contributed by atoms with E-state index >= 15 is 0 Å². The molecule has 0 unspecified atom stereocenters. The number of amides is 2. The van der Waals surface area contributed by atoms with Gasteiger partial charge in [0.05, 0.1) is 0 Å². The lowest BCUT2D eigenvalue weighted by atomic mass is 10.0. The minimum Gasteiger partial charge on any atom is -0.484 e. The molecule has 3 aromatic carbocycles. The predicted octanol–water partition coefficient (Wildman–Crippen LogP) is 5.52. The monoisotopic (exact) mass is 502 g/mol. The van der Waals surface area contributed by atoms with Gasteiger partial charge in [0.15, 0.2) is 6.61 Å². The van der Waals surface area contributed by atoms with Crippen molar-refractivity contribution in [2.45, 2.75) is 64.6 Å². The van der Waals surface area contributed by atoms with Crippen LogP contribution in [0.5, 0.6) is 5.75 Å². The van der Waals surface area contributed by atoms with Crippen molar-refractivity contribution in [3.05, 3.63) is 101 Å². The molecular formula is C31H35FN2O3. The number of nitrogens with one attached hydrogen (secondary N) is 1. The molecule has 6 heteroatoms. The topological polar surface area (TPSA) is 58.6 Å². The number of hydrogen-bond donors (Lipinski definition) is 1. The van der Waals surface area contributed by atoms with Crippen LogP contribution in [0.3, 0.4) is 0 Å². The molecular weight excluding hydrogens is 467 g/mol. The zero-order chi connectivity index (χ0) is 26.2. The van der Waals surface area contributed by atoms with Crippen molar-refractivity contribution < 1.29 is 18.7 Å². The van der Waals surface area contributed by atoms with Gasteiger partial charge in [-0.05, 0) is 61.6 Å².